The van der Waals surface area contributed by atoms with Gasteiger partial charge in [-0.3, -0.25) is 0 Å². The zero-order valence-electron chi connectivity index (χ0n) is 14.3. The molecule has 0 aromatic heterocycles. The van der Waals surface area contributed by atoms with Crippen molar-refractivity contribution in [2.24, 2.45) is 0 Å². The second-order valence-corrected chi connectivity index (χ2v) is 5.72. The number of nitrogens with zero attached hydrogens (tertiary/aromatic N) is 1. The summed E-state index contributed by atoms with van der Waals surface area (Å²) in [5, 5.41) is 9.79. The van der Waals surface area contributed by atoms with Crippen molar-refractivity contribution >= 4 is 23.6 Å². The van der Waals surface area contributed by atoms with Crippen molar-refractivity contribution in [2.75, 3.05) is 20.3 Å². The summed E-state index contributed by atoms with van der Waals surface area (Å²) in [6, 6.07) is 16.3. The van der Waals surface area contributed by atoms with Gasteiger partial charge in [0.05, 0.1) is 6.61 Å². The van der Waals surface area contributed by atoms with Crippen molar-refractivity contribution in [1.29, 1.82) is 5.26 Å². The monoisotopic (exact) mass is 371 g/mol. The van der Waals surface area contributed by atoms with Crippen molar-refractivity contribution in [3.8, 4) is 11.8 Å². The molecule has 0 aliphatic heterocycles. The Kier molecular flexibility index (Phi) is 7.69. The SMILES string of the molecule is COCCOC(=O)/C(C#N)=C/c1ccc(OCc2ccc(Cl)cc2)cc1. The maximum absolute atomic E-state index is 11.8. The number of carbonyl (C=O) groups excluding carboxylic acids is 1. The first-order valence-electron chi connectivity index (χ1n) is 7.87. The third-order valence-electron chi connectivity index (χ3n) is 3.37. The minimum absolute atomic E-state index is 0.0732. The lowest BCUT2D eigenvalue weighted by molar-refractivity contribution is -0.139. The van der Waals surface area contributed by atoms with E-state index < -0.39 is 5.97 Å². The zero-order valence-corrected chi connectivity index (χ0v) is 15.0. The average molecular weight is 372 g/mol. The van der Waals surface area contributed by atoms with Gasteiger partial charge in [-0.1, -0.05) is 35.9 Å². The van der Waals surface area contributed by atoms with Gasteiger partial charge >= 0.3 is 5.97 Å². The predicted octanol–water partition coefficient (Wildman–Crippen LogP) is 4.02. The summed E-state index contributed by atoms with van der Waals surface area (Å²) < 4.78 is 15.4. The summed E-state index contributed by atoms with van der Waals surface area (Å²) in [5.74, 6) is 0.00546. The largest absolute Gasteiger partial charge is 0.489 e. The standard InChI is InChI=1S/C20H18ClNO4/c1-24-10-11-25-20(23)17(13-22)12-15-4-8-19(9-5-15)26-14-16-2-6-18(21)7-3-16/h2-9,12H,10-11,14H2,1H3/b17-12+. The van der Waals surface area contributed by atoms with E-state index in [1.54, 1.807) is 24.3 Å². The van der Waals surface area contributed by atoms with Crippen molar-refractivity contribution in [3.63, 3.8) is 0 Å². The Hall–Kier alpha value is -2.81. The van der Waals surface area contributed by atoms with E-state index in [4.69, 9.17) is 31.1 Å². The minimum Gasteiger partial charge on any atom is -0.489 e. The first kappa shape index (κ1) is 19.5. The molecule has 0 saturated heterocycles. The van der Waals surface area contributed by atoms with Crippen LogP contribution in [0.1, 0.15) is 11.1 Å². The number of rotatable bonds is 8. The van der Waals surface area contributed by atoms with E-state index in [1.165, 1.54) is 13.2 Å². The fraction of sp³-hybridized carbons (Fsp3) is 0.200. The number of carbonyl (C=O) groups is 1. The summed E-state index contributed by atoms with van der Waals surface area (Å²) in [6.07, 6.45) is 1.47. The number of methoxy groups -OCH3 is 1. The number of nitriles is 1. The van der Waals surface area contributed by atoms with E-state index in [1.807, 2.05) is 30.3 Å². The summed E-state index contributed by atoms with van der Waals surface area (Å²) in [5.41, 5.74) is 1.63. The molecule has 0 saturated carbocycles. The molecule has 0 heterocycles. The molecule has 0 bridgehead atoms. The molecule has 6 heteroatoms. The van der Waals surface area contributed by atoms with Crippen LogP contribution in [-0.2, 0) is 20.9 Å². The van der Waals surface area contributed by atoms with Gasteiger partial charge in [-0.25, -0.2) is 4.79 Å². The van der Waals surface area contributed by atoms with Crippen LogP contribution in [0, 0.1) is 11.3 Å². The van der Waals surface area contributed by atoms with Crippen LogP contribution in [0.2, 0.25) is 5.02 Å². The van der Waals surface area contributed by atoms with Crippen LogP contribution in [0.15, 0.2) is 54.1 Å². The molecule has 0 aliphatic carbocycles. The second kappa shape index (κ2) is 10.2. The minimum atomic E-state index is -0.674. The number of hydrogen-bond acceptors (Lipinski definition) is 5. The molecule has 0 fully saturated rings. The Labute approximate surface area is 157 Å². The maximum atomic E-state index is 11.8. The fourth-order valence-corrected chi connectivity index (χ4v) is 2.13. The van der Waals surface area contributed by atoms with Crippen LogP contribution < -0.4 is 4.74 Å². The predicted molar refractivity (Wildman–Crippen MR) is 98.7 cm³/mol. The van der Waals surface area contributed by atoms with E-state index in [0.29, 0.717) is 22.9 Å². The topological polar surface area (TPSA) is 68.5 Å². The van der Waals surface area contributed by atoms with Gasteiger partial charge in [0.15, 0.2) is 0 Å². The summed E-state index contributed by atoms with van der Waals surface area (Å²) in [6.45, 7) is 0.803. The van der Waals surface area contributed by atoms with Crippen LogP contribution in [0.5, 0.6) is 5.75 Å². The van der Waals surface area contributed by atoms with Gasteiger partial charge in [0.25, 0.3) is 0 Å². The van der Waals surface area contributed by atoms with Crippen LogP contribution in [0.25, 0.3) is 6.08 Å². The normalized spacial score (nSPS) is 10.9. The molecule has 0 unspecified atom stereocenters. The Morgan fingerprint density at radius 3 is 2.42 bits per heavy atom. The molecule has 2 rings (SSSR count). The van der Waals surface area contributed by atoms with Gasteiger partial charge in [-0.15, -0.1) is 0 Å². The van der Waals surface area contributed by atoms with Crippen LogP contribution in [0.3, 0.4) is 0 Å². The molecule has 0 amide bonds. The van der Waals surface area contributed by atoms with Gasteiger partial charge in [0.1, 0.15) is 30.6 Å². The lowest BCUT2D eigenvalue weighted by Crippen LogP contribution is -2.11. The quantitative estimate of drug-likeness (QED) is 0.303. The molecular weight excluding hydrogens is 354 g/mol. The van der Waals surface area contributed by atoms with Crippen LogP contribution >= 0.6 is 11.6 Å². The summed E-state index contributed by atoms with van der Waals surface area (Å²) >= 11 is 5.85. The highest BCUT2D eigenvalue weighted by molar-refractivity contribution is 6.30. The molecule has 2 aromatic rings. The van der Waals surface area contributed by atoms with Gasteiger partial charge < -0.3 is 14.2 Å². The molecule has 0 radical (unpaired) electrons. The van der Waals surface area contributed by atoms with Gasteiger partial charge in [0, 0.05) is 12.1 Å². The highest BCUT2D eigenvalue weighted by atomic mass is 35.5. The van der Waals surface area contributed by atoms with Crippen LogP contribution in [-0.4, -0.2) is 26.3 Å². The molecule has 0 N–H and O–H groups in total. The Morgan fingerprint density at radius 1 is 1.12 bits per heavy atom. The second-order valence-electron chi connectivity index (χ2n) is 5.28. The summed E-state index contributed by atoms with van der Waals surface area (Å²) in [7, 11) is 1.51. The van der Waals surface area contributed by atoms with E-state index in [0.717, 1.165) is 5.56 Å². The van der Waals surface area contributed by atoms with Crippen molar-refractivity contribution < 1.29 is 19.0 Å². The first-order chi connectivity index (χ1) is 12.6. The Morgan fingerprint density at radius 2 is 1.81 bits per heavy atom. The van der Waals surface area contributed by atoms with E-state index >= 15 is 0 Å². The van der Waals surface area contributed by atoms with Crippen LogP contribution in [0.4, 0.5) is 0 Å². The molecular formula is C20H18ClNO4. The fourth-order valence-electron chi connectivity index (χ4n) is 2.01. The molecule has 26 heavy (non-hydrogen) atoms. The van der Waals surface area contributed by atoms with Gasteiger partial charge in [-0.05, 0) is 41.5 Å². The molecule has 5 nitrogen and oxygen atoms in total. The van der Waals surface area contributed by atoms with Crippen molar-refractivity contribution in [2.45, 2.75) is 6.61 Å². The number of ether oxygens (including phenoxy) is 3. The Balaban J connectivity index is 1.95. The van der Waals surface area contributed by atoms with E-state index in [2.05, 4.69) is 0 Å². The number of benzene rings is 2. The maximum Gasteiger partial charge on any atom is 0.348 e. The molecule has 0 aliphatic rings. The van der Waals surface area contributed by atoms with E-state index in [-0.39, 0.29) is 18.8 Å². The molecule has 2 aromatic carbocycles. The molecule has 0 spiro atoms. The van der Waals surface area contributed by atoms with E-state index in [9.17, 15) is 4.79 Å². The third-order valence-corrected chi connectivity index (χ3v) is 3.62. The number of halogens is 1. The number of esters is 1. The molecule has 134 valence electrons. The lowest BCUT2D eigenvalue weighted by Gasteiger charge is -2.07. The number of hydrogen-bond donors (Lipinski definition) is 0. The Bertz CT molecular complexity index is 792. The highest BCUT2D eigenvalue weighted by Crippen LogP contribution is 2.17. The third kappa shape index (κ3) is 6.25. The van der Waals surface area contributed by atoms with Gasteiger partial charge in [-0.2, -0.15) is 5.26 Å². The first-order valence-corrected chi connectivity index (χ1v) is 8.25. The average Bonchev–Trinajstić information content (AvgIpc) is 2.66. The zero-order chi connectivity index (χ0) is 18.8. The molecule has 0 atom stereocenters. The van der Waals surface area contributed by atoms with Crippen molar-refractivity contribution in [1.82, 2.24) is 0 Å². The summed E-state index contributed by atoms with van der Waals surface area (Å²) in [4.78, 5) is 11.8. The van der Waals surface area contributed by atoms with Crippen molar-refractivity contribution in [3.05, 3.63) is 70.3 Å². The lowest BCUT2D eigenvalue weighted by atomic mass is 10.1. The van der Waals surface area contributed by atoms with Gasteiger partial charge in [0.2, 0.25) is 0 Å². The smallest absolute Gasteiger partial charge is 0.348 e. The highest BCUT2D eigenvalue weighted by Gasteiger charge is 2.10.